The van der Waals surface area contributed by atoms with Crippen molar-refractivity contribution in [2.24, 2.45) is 4.99 Å². The van der Waals surface area contributed by atoms with Crippen LogP contribution in [0.15, 0.2) is 11.1 Å². The van der Waals surface area contributed by atoms with Crippen molar-refractivity contribution in [1.82, 2.24) is 5.32 Å². The van der Waals surface area contributed by atoms with Crippen LogP contribution in [-0.4, -0.2) is 11.7 Å². The van der Waals surface area contributed by atoms with E-state index in [1.54, 1.807) is 13.0 Å². The van der Waals surface area contributed by atoms with Crippen LogP contribution in [0.5, 0.6) is 0 Å². The Morgan fingerprint density at radius 1 is 1.75 bits per heavy atom. The maximum Gasteiger partial charge on any atom is 0.367 e. The van der Waals surface area contributed by atoms with Crippen molar-refractivity contribution in [2.75, 3.05) is 0 Å². The van der Waals surface area contributed by atoms with Gasteiger partial charge in [0.1, 0.15) is 0 Å². The number of carbonyl (C=O) groups is 1. The van der Waals surface area contributed by atoms with Gasteiger partial charge in [-0.25, -0.2) is 4.79 Å². The fourth-order valence-corrected chi connectivity index (χ4v) is 0.389. The molecule has 1 rings (SSSR count). The van der Waals surface area contributed by atoms with Gasteiger partial charge >= 0.3 is 6.03 Å². The number of hydrogen-bond acceptors (Lipinski definition) is 1. The van der Waals surface area contributed by atoms with E-state index in [-0.39, 0.29) is 0 Å². The molecule has 1 heterocycles. The molecular weight excluding hydrogens is 104 g/mol. The van der Waals surface area contributed by atoms with Crippen molar-refractivity contribution in [3.63, 3.8) is 0 Å². The standard InChI is InChI=1S/C5H4N2O/c1-4-2-3-6-5(8)7-4/h2H,1H3. The summed E-state index contributed by atoms with van der Waals surface area (Å²) < 4.78 is 0. The second-order valence-corrected chi connectivity index (χ2v) is 1.42. The third-order valence-electron chi connectivity index (χ3n) is 0.706. The van der Waals surface area contributed by atoms with Gasteiger partial charge in [-0.15, -0.1) is 0 Å². The van der Waals surface area contributed by atoms with Gasteiger partial charge in [-0.2, -0.15) is 10.3 Å². The molecule has 0 aromatic heterocycles. The molecule has 0 aromatic rings. The summed E-state index contributed by atoms with van der Waals surface area (Å²) in [5.41, 5.74) is 0.657. The lowest BCUT2D eigenvalue weighted by atomic mass is 10.4. The van der Waals surface area contributed by atoms with Gasteiger partial charge in [0.05, 0.1) is 6.20 Å². The van der Waals surface area contributed by atoms with Crippen LogP contribution in [0.25, 0.3) is 0 Å². The van der Waals surface area contributed by atoms with E-state index in [0.29, 0.717) is 5.71 Å². The van der Waals surface area contributed by atoms with Crippen LogP contribution in [0.4, 0.5) is 4.79 Å². The average molecular weight is 108 g/mol. The van der Waals surface area contributed by atoms with E-state index in [4.69, 9.17) is 0 Å². The number of aliphatic imine (C=N–C) groups is 1. The Bertz CT molecular complexity index is 169. The average Bonchev–Trinajstić information content (AvgIpc) is 1.64. The van der Waals surface area contributed by atoms with Gasteiger partial charge in [0.2, 0.25) is 0 Å². The van der Waals surface area contributed by atoms with E-state index in [1.165, 1.54) is 0 Å². The molecule has 0 fully saturated rings. The van der Waals surface area contributed by atoms with Crippen LogP contribution in [0, 0.1) is 6.20 Å². The Morgan fingerprint density at radius 3 is 2.88 bits per heavy atom. The molecule has 1 aliphatic rings. The Labute approximate surface area is 47.1 Å². The molecule has 1 aliphatic heterocycles. The molecule has 0 spiro atoms. The number of hydrogen-bond donors (Lipinski definition) is 0. The van der Waals surface area contributed by atoms with Crippen molar-refractivity contribution in [3.8, 4) is 0 Å². The summed E-state index contributed by atoms with van der Waals surface area (Å²) in [6, 6.07) is -0.468. The molecule has 0 aromatic carbocycles. The highest BCUT2D eigenvalue weighted by atomic mass is 16.2. The lowest BCUT2D eigenvalue weighted by Gasteiger charge is -1.94. The first kappa shape index (κ1) is 5.03. The van der Waals surface area contributed by atoms with Crippen LogP contribution in [0.1, 0.15) is 6.92 Å². The van der Waals surface area contributed by atoms with Gasteiger partial charge < -0.3 is 0 Å². The van der Waals surface area contributed by atoms with E-state index >= 15 is 0 Å². The zero-order valence-electron chi connectivity index (χ0n) is 4.38. The summed E-state index contributed by atoms with van der Waals surface area (Å²) >= 11 is 0. The van der Waals surface area contributed by atoms with Crippen molar-refractivity contribution < 1.29 is 4.79 Å². The van der Waals surface area contributed by atoms with Gasteiger partial charge in [0.25, 0.3) is 0 Å². The molecule has 0 bridgehead atoms. The molecule has 0 atom stereocenters. The van der Waals surface area contributed by atoms with Gasteiger partial charge in [-0.05, 0) is 13.0 Å². The Morgan fingerprint density at radius 2 is 2.50 bits per heavy atom. The largest absolute Gasteiger partial charge is 0.367 e. The van der Waals surface area contributed by atoms with Crippen LogP contribution >= 0.6 is 0 Å². The Balaban J connectivity index is 2.77. The molecule has 3 nitrogen and oxygen atoms in total. The monoisotopic (exact) mass is 108 g/mol. The third kappa shape index (κ3) is 0.932. The Kier molecular flexibility index (Phi) is 1.12. The number of carbonyl (C=O) groups excluding carboxylic acids is 1. The minimum Gasteiger partial charge on any atom is -0.244 e. The van der Waals surface area contributed by atoms with Crippen LogP contribution in [-0.2, 0) is 0 Å². The zero-order valence-corrected chi connectivity index (χ0v) is 4.38. The molecule has 0 saturated heterocycles. The van der Waals surface area contributed by atoms with Crippen LogP contribution in [0.2, 0.25) is 0 Å². The maximum absolute atomic E-state index is 10.2. The Hall–Kier alpha value is -1.12. The van der Waals surface area contributed by atoms with Gasteiger partial charge in [0, 0.05) is 5.71 Å². The fourth-order valence-electron chi connectivity index (χ4n) is 0.389. The first-order valence-corrected chi connectivity index (χ1v) is 2.18. The number of nitrogens with zero attached hydrogens (tertiary/aromatic N) is 2. The number of rotatable bonds is 0. The summed E-state index contributed by atoms with van der Waals surface area (Å²) in [5, 5.41) is 3.25. The van der Waals surface area contributed by atoms with E-state index < -0.39 is 6.03 Å². The lowest BCUT2D eigenvalue weighted by molar-refractivity contribution is 0.251. The summed E-state index contributed by atoms with van der Waals surface area (Å²) in [6.07, 6.45) is 3.96. The van der Waals surface area contributed by atoms with E-state index in [2.05, 4.69) is 16.5 Å². The summed E-state index contributed by atoms with van der Waals surface area (Å²) in [7, 11) is 0. The summed E-state index contributed by atoms with van der Waals surface area (Å²) in [4.78, 5) is 13.7. The topological polar surface area (TPSA) is 43.5 Å². The first-order valence-electron chi connectivity index (χ1n) is 2.18. The van der Waals surface area contributed by atoms with Crippen LogP contribution in [0.3, 0.4) is 0 Å². The van der Waals surface area contributed by atoms with Crippen molar-refractivity contribution >= 4 is 11.7 Å². The summed E-state index contributed by atoms with van der Waals surface area (Å²) in [6.45, 7) is 1.72. The van der Waals surface area contributed by atoms with Crippen molar-refractivity contribution in [3.05, 3.63) is 12.3 Å². The second kappa shape index (κ2) is 1.78. The number of amides is 2. The normalized spacial score (nSPS) is 17.6. The van der Waals surface area contributed by atoms with E-state index in [1.807, 2.05) is 0 Å². The molecule has 0 saturated carbocycles. The molecule has 2 amide bonds. The maximum atomic E-state index is 10.2. The van der Waals surface area contributed by atoms with Gasteiger partial charge in [-0.1, -0.05) is 0 Å². The highest BCUT2D eigenvalue weighted by Gasteiger charge is 2.01. The lowest BCUT2D eigenvalue weighted by Crippen LogP contribution is -2.11. The predicted molar refractivity (Wildman–Crippen MR) is 28.5 cm³/mol. The quantitative estimate of drug-likeness (QED) is 0.445. The van der Waals surface area contributed by atoms with E-state index in [9.17, 15) is 4.79 Å². The molecule has 0 aliphatic carbocycles. The molecular formula is C5H4N2O. The highest BCUT2D eigenvalue weighted by Crippen LogP contribution is 1.88. The van der Waals surface area contributed by atoms with Gasteiger partial charge in [-0.3, -0.25) is 0 Å². The van der Waals surface area contributed by atoms with Crippen molar-refractivity contribution in [2.45, 2.75) is 6.92 Å². The first-order chi connectivity index (χ1) is 3.79. The highest BCUT2D eigenvalue weighted by molar-refractivity contribution is 6.02. The SMILES string of the molecule is CC1=NC(=O)[N][C]=C1. The molecule has 0 N–H and O–H groups in total. The molecule has 40 valence electrons. The smallest absolute Gasteiger partial charge is 0.244 e. The third-order valence-corrected chi connectivity index (χ3v) is 0.706. The molecule has 8 heavy (non-hydrogen) atoms. The van der Waals surface area contributed by atoms with Crippen LogP contribution < -0.4 is 5.32 Å². The predicted octanol–water partition coefficient (Wildman–Crippen LogP) is 0.502. The van der Waals surface area contributed by atoms with E-state index in [0.717, 1.165) is 0 Å². The second-order valence-electron chi connectivity index (χ2n) is 1.42. The fraction of sp³-hybridized carbons (Fsp3) is 0.200. The number of allylic oxidation sites excluding steroid dienone is 1. The summed E-state index contributed by atoms with van der Waals surface area (Å²) in [5.74, 6) is 0. The van der Waals surface area contributed by atoms with Crippen molar-refractivity contribution in [1.29, 1.82) is 0 Å². The molecule has 3 heteroatoms. The molecule has 2 radical (unpaired) electrons. The minimum absolute atomic E-state index is 0.468. The van der Waals surface area contributed by atoms with Gasteiger partial charge in [0.15, 0.2) is 0 Å². The molecule has 0 unspecified atom stereocenters. The minimum atomic E-state index is -0.468. The zero-order chi connectivity index (χ0) is 5.98. The number of urea groups is 1.